The van der Waals surface area contributed by atoms with E-state index in [4.69, 9.17) is 9.73 Å². The minimum absolute atomic E-state index is 0.459. The summed E-state index contributed by atoms with van der Waals surface area (Å²) in [5.74, 6) is 2.65. The fourth-order valence-electron chi connectivity index (χ4n) is 4.01. The van der Waals surface area contributed by atoms with Crippen LogP contribution in [-0.2, 0) is 18.3 Å². The SMILES string of the molecule is COCCCNC(=NCc1nnc(C)n1C)NC1CCN(C2CCCC2)C1. The van der Waals surface area contributed by atoms with Crippen molar-refractivity contribution in [3.63, 3.8) is 0 Å². The maximum absolute atomic E-state index is 5.15. The molecule has 8 heteroatoms. The van der Waals surface area contributed by atoms with E-state index < -0.39 is 0 Å². The van der Waals surface area contributed by atoms with E-state index in [-0.39, 0.29) is 0 Å². The smallest absolute Gasteiger partial charge is 0.191 e. The van der Waals surface area contributed by atoms with Crippen molar-refractivity contribution in [2.45, 2.75) is 64.1 Å². The third kappa shape index (κ3) is 5.65. The predicted molar refractivity (Wildman–Crippen MR) is 107 cm³/mol. The van der Waals surface area contributed by atoms with Gasteiger partial charge in [0.1, 0.15) is 12.4 Å². The highest BCUT2D eigenvalue weighted by Gasteiger charge is 2.30. The lowest BCUT2D eigenvalue weighted by Gasteiger charge is -2.24. The van der Waals surface area contributed by atoms with Gasteiger partial charge < -0.3 is 19.9 Å². The maximum atomic E-state index is 5.15. The van der Waals surface area contributed by atoms with Gasteiger partial charge in [0.2, 0.25) is 0 Å². The molecule has 0 amide bonds. The summed E-state index contributed by atoms with van der Waals surface area (Å²) in [6.07, 6.45) is 7.66. The van der Waals surface area contributed by atoms with E-state index in [2.05, 4.69) is 25.7 Å². The summed E-state index contributed by atoms with van der Waals surface area (Å²) in [4.78, 5) is 7.43. The number of likely N-dealkylation sites (tertiary alicyclic amines) is 1. The van der Waals surface area contributed by atoms with E-state index in [0.717, 1.165) is 49.8 Å². The van der Waals surface area contributed by atoms with Crippen molar-refractivity contribution in [1.29, 1.82) is 0 Å². The molecule has 2 N–H and O–H groups in total. The van der Waals surface area contributed by atoms with E-state index in [9.17, 15) is 0 Å². The first-order chi connectivity index (χ1) is 13.2. The van der Waals surface area contributed by atoms with Gasteiger partial charge >= 0.3 is 0 Å². The van der Waals surface area contributed by atoms with Crippen LogP contribution >= 0.6 is 0 Å². The van der Waals surface area contributed by atoms with Crippen LogP contribution in [0.4, 0.5) is 0 Å². The van der Waals surface area contributed by atoms with Gasteiger partial charge in [-0.2, -0.15) is 0 Å². The lowest BCUT2D eigenvalue weighted by atomic mass is 10.2. The second-order valence-corrected chi connectivity index (χ2v) is 7.72. The summed E-state index contributed by atoms with van der Waals surface area (Å²) in [5, 5.41) is 15.4. The molecule has 2 heterocycles. The molecule has 1 saturated carbocycles. The Labute approximate surface area is 162 Å². The Bertz CT molecular complexity index is 609. The molecule has 0 spiro atoms. The molecule has 2 fully saturated rings. The number of guanidine groups is 1. The zero-order valence-corrected chi connectivity index (χ0v) is 17.1. The molecule has 1 aliphatic heterocycles. The molecule has 0 aromatic carbocycles. The molecule has 2 aliphatic rings. The van der Waals surface area contributed by atoms with Gasteiger partial charge in [-0.25, -0.2) is 4.99 Å². The Hall–Kier alpha value is -1.67. The first-order valence-electron chi connectivity index (χ1n) is 10.3. The minimum atomic E-state index is 0.459. The summed E-state index contributed by atoms with van der Waals surface area (Å²) in [6.45, 7) is 6.39. The van der Waals surface area contributed by atoms with Crippen LogP contribution in [-0.4, -0.2) is 71.1 Å². The quantitative estimate of drug-likeness (QED) is 0.403. The van der Waals surface area contributed by atoms with E-state index in [1.807, 2.05) is 18.5 Å². The second kappa shape index (κ2) is 10.0. The fourth-order valence-corrected chi connectivity index (χ4v) is 4.01. The van der Waals surface area contributed by atoms with Crippen molar-refractivity contribution in [1.82, 2.24) is 30.3 Å². The number of nitrogens with zero attached hydrogens (tertiary/aromatic N) is 5. The topological polar surface area (TPSA) is 79.6 Å². The van der Waals surface area contributed by atoms with Crippen LogP contribution in [0, 0.1) is 6.92 Å². The van der Waals surface area contributed by atoms with Gasteiger partial charge in [-0.3, -0.25) is 4.90 Å². The number of nitrogens with one attached hydrogen (secondary N) is 2. The van der Waals surface area contributed by atoms with Crippen molar-refractivity contribution in [3.8, 4) is 0 Å². The number of hydrogen-bond donors (Lipinski definition) is 2. The van der Waals surface area contributed by atoms with E-state index in [0.29, 0.717) is 12.6 Å². The Morgan fingerprint density at radius 2 is 2.07 bits per heavy atom. The Balaban J connectivity index is 1.55. The fraction of sp³-hybridized carbons (Fsp3) is 0.842. The first kappa shape index (κ1) is 20.1. The number of hydrogen-bond acceptors (Lipinski definition) is 5. The number of methoxy groups -OCH3 is 1. The molecular weight excluding hydrogens is 342 g/mol. The van der Waals surface area contributed by atoms with Crippen LogP contribution in [0.15, 0.2) is 4.99 Å². The summed E-state index contributed by atoms with van der Waals surface area (Å²) >= 11 is 0. The van der Waals surface area contributed by atoms with Crippen LogP contribution in [0.2, 0.25) is 0 Å². The normalized spacial score (nSPS) is 21.9. The lowest BCUT2D eigenvalue weighted by Crippen LogP contribution is -2.45. The van der Waals surface area contributed by atoms with Gasteiger partial charge in [0, 0.05) is 52.5 Å². The van der Waals surface area contributed by atoms with Gasteiger partial charge in [-0.1, -0.05) is 12.8 Å². The molecule has 8 nitrogen and oxygen atoms in total. The largest absolute Gasteiger partial charge is 0.385 e. The van der Waals surface area contributed by atoms with Crippen LogP contribution < -0.4 is 10.6 Å². The van der Waals surface area contributed by atoms with Crippen LogP contribution in [0.5, 0.6) is 0 Å². The number of aromatic nitrogens is 3. The standard InChI is InChI=1S/C19H35N7O/c1-15-23-24-18(25(15)2)13-21-19(20-10-6-12-27-3)22-16-9-11-26(14-16)17-7-4-5-8-17/h16-17H,4-14H2,1-3H3,(H2,20,21,22). The Morgan fingerprint density at radius 1 is 1.26 bits per heavy atom. The van der Waals surface area contributed by atoms with Crippen LogP contribution in [0.1, 0.15) is 50.2 Å². The predicted octanol–water partition coefficient (Wildman–Crippen LogP) is 1.21. The summed E-state index contributed by atoms with van der Waals surface area (Å²) in [6, 6.07) is 1.26. The van der Waals surface area contributed by atoms with Crippen molar-refractivity contribution in [2.75, 3.05) is 33.4 Å². The monoisotopic (exact) mass is 377 g/mol. The number of aliphatic imine (C=N–C) groups is 1. The Kier molecular flexibility index (Phi) is 7.46. The van der Waals surface area contributed by atoms with Gasteiger partial charge in [0.15, 0.2) is 11.8 Å². The highest BCUT2D eigenvalue weighted by atomic mass is 16.5. The number of ether oxygens (including phenoxy) is 1. The van der Waals surface area contributed by atoms with Crippen LogP contribution in [0.3, 0.4) is 0 Å². The molecule has 1 saturated heterocycles. The molecule has 152 valence electrons. The van der Waals surface area contributed by atoms with Crippen molar-refractivity contribution in [2.24, 2.45) is 12.0 Å². The molecule has 1 aromatic heterocycles. The molecule has 0 bridgehead atoms. The average molecular weight is 378 g/mol. The summed E-state index contributed by atoms with van der Waals surface area (Å²) in [5.41, 5.74) is 0. The molecular formula is C19H35N7O. The molecule has 1 unspecified atom stereocenters. The second-order valence-electron chi connectivity index (χ2n) is 7.72. The summed E-state index contributed by atoms with van der Waals surface area (Å²) < 4.78 is 7.14. The van der Waals surface area contributed by atoms with Crippen LogP contribution in [0.25, 0.3) is 0 Å². The van der Waals surface area contributed by atoms with Gasteiger partial charge in [-0.15, -0.1) is 10.2 Å². The van der Waals surface area contributed by atoms with E-state index in [1.54, 1.807) is 7.11 Å². The van der Waals surface area contributed by atoms with Crippen molar-refractivity contribution >= 4 is 5.96 Å². The van der Waals surface area contributed by atoms with E-state index >= 15 is 0 Å². The minimum Gasteiger partial charge on any atom is -0.385 e. The summed E-state index contributed by atoms with van der Waals surface area (Å²) in [7, 11) is 3.72. The third-order valence-corrected chi connectivity index (χ3v) is 5.78. The molecule has 27 heavy (non-hydrogen) atoms. The molecule has 1 atom stereocenters. The lowest BCUT2D eigenvalue weighted by molar-refractivity contribution is 0.195. The van der Waals surface area contributed by atoms with Gasteiger partial charge in [0.25, 0.3) is 0 Å². The third-order valence-electron chi connectivity index (χ3n) is 5.78. The number of aryl methyl sites for hydroxylation is 1. The highest BCUT2D eigenvalue weighted by Crippen LogP contribution is 2.26. The zero-order chi connectivity index (χ0) is 19.1. The highest BCUT2D eigenvalue weighted by molar-refractivity contribution is 5.80. The van der Waals surface area contributed by atoms with Crippen molar-refractivity contribution < 1.29 is 4.74 Å². The van der Waals surface area contributed by atoms with Gasteiger partial charge in [-0.05, 0) is 32.6 Å². The molecule has 1 aromatic rings. The van der Waals surface area contributed by atoms with Gasteiger partial charge in [0.05, 0.1) is 0 Å². The average Bonchev–Trinajstić information content (AvgIpc) is 3.40. The molecule has 1 aliphatic carbocycles. The zero-order valence-electron chi connectivity index (χ0n) is 17.1. The molecule has 3 rings (SSSR count). The van der Waals surface area contributed by atoms with Crippen molar-refractivity contribution in [3.05, 3.63) is 11.6 Å². The molecule has 0 radical (unpaired) electrons. The number of rotatable bonds is 8. The van der Waals surface area contributed by atoms with E-state index in [1.165, 1.54) is 38.6 Å². The Morgan fingerprint density at radius 3 is 2.78 bits per heavy atom. The maximum Gasteiger partial charge on any atom is 0.191 e. The first-order valence-corrected chi connectivity index (χ1v) is 10.3.